The number of ether oxygens (including phenoxy) is 2. The Balaban J connectivity index is 1.53. The molecule has 2 amide bonds. The van der Waals surface area contributed by atoms with E-state index >= 15 is 0 Å². The summed E-state index contributed by atoms with van der Waals surface area (Å²) in [6.07, 6.45) is 0. The summed E-state index contributed by atoms with van der Waals surface area (Å²) in [4.78, 5) is 29.2. The quantitative estimate of drug-likeness (QED) is 0.514. The number of benzene rings is 3. The number of carbonyl (C=O) groups excluding carboxylic acids is 2. The van der Waals surface area contributed by atoms with Gasteiger partial charge in [-0.1, -0.05) is 18.2 Å². The summed E-state index contributed by atoms with van der Waals surface area (Å²) >= 11 is 0. The van der Waals surface area contributed by atoms with Crippen molar-refractivity contribution in [1.29, 1.82) is 0 Å². The zero-order valence-corrected chi connectivity index (χ0v) is 17.0. The molecule has 0 spiro atoms. The van der Waals surface area contributed by atoms with Crippen molar-refractivity contribution >= 4 is 28.4 Å². The summed E-state index contributed by atoms with van der Waals surface area (Å²) in [6.45, 7) is 1.01. The molecule has 4 aromatic rings. The SMILES string of the molecule is NC(=O)c1ccc(NC(=O)c2cc(-c3ccc4c(c3)OCCO4)nc3ccccc23)cc1. The number of nitrogens with one attached hydrogen (secondary N) is 1. The van der Waals surface area contributed by atoms with Crippen molar-refractivity contribution in [2.45, 2.75) is 0 Å². The lowest BCUT2D eigenvalue weighted by Crippen LogP contribution is -2.15. The van der Waals surface area contributed by atoms with Gasteiger partial charge in [-0.3, -0.25) is 9.59 Å². The highest BCUT2D eigenvalue weighted by molar-refractivity contribution is 6.13. The lowest BCUT2D eigenvalue weighted by Gasteiger charge is -2.19. The number of nitrogens with zero attached hydrogens (tertiary/aromatic N) is 1. The van der Waals surface area contributed by atoms with Gasteiger partial charge in [0.1, 0.15) is 13.2 Å². The van der Waals surface area contributed by atoms with E-state index in [1.165, 1.54) is 0 Å². The first-order valence-electron chi connectivity index (χ1n) is 10.1. The number of pyridine rings is 1. The molecule has 7 heteroatoms. The van der Waals surface area contributed by atoms with E-state index in [0.717, 1.165) is 10.9 Å². The summed E-state index contributed by atoms with van der Waals surface area (Å²) in [6, 6.07) is 21.3. The van der Waals surface area contributed by atoms with E-state index in [4.69, 9.17) is 20.2 Å². The number of amides is 2. The third-order valence-electron chi connectivity index (χ3n) is 5.23. The minimum atomic E-state index is -0.521. The molecular formula is C25H19N3O4. The molecule has 5 rings (SSSR count). The number of aromatic nitrogens is 1. The van der Waals surface area contributed by atoms with Crippen molar-refractivity contribution < 1.29 is 19.1 Å². The molecule has 0 aliphatic carbocycles. The number of nitrogens with two attached hydrogens (primary N) is 1. The maximum atomic E-state index is 13.2. The summed E-state index contributed by atoms with van der Waals surface area (Å²) < 4.78 is 11.3. The predicted molar refractivity (Wildman–Crippen MR) is 121 cm³/mol. The normalized spacial score (nSPS) is 12.4. The molecule has 0 saturated carbocycles. The second-order valence-corrected chi connectivity index (χ2v) is 7.33. The van der Waals surface area contributed by atoms with Crippen LogP contribution in [-0.4, -0.2) is 30.0 Å². The molecule has 1 aliphatic rings. The number of anilines is 1. The Morgan fingerprint density at radius 1 is 0.875 bits per heavy atom. The van der Waals surface area contributed by atoms with Gasteiger partial charge in [0.15, 0.2) is 11.5 Å². The Morgan fingerprint density at radius 2 is 1.62 bits per heavy atom. The minimum absolute atomic E-state index is 0.283. The molecule has 3 N–H and O–H groups in total. The Kier molecular flexibility index (Phi) is 4.91. The smallest absolute Gasteiger partial charge is 0.256 e. The molecule has 0 atom stereocenters. The molecule has 7 nitrogen and oxygen atoms in total. The molecule has 0 fully saturated rings. The number of carbonyl (C=O) groups is 2. The molecule has 1 aromatic heterocycles. The summed E-state index contributed by atoms with van der Waals surface area (Å²) in [5, 5.41) is 3.62. The minimum Gasteiger partial charge on any atom is -0.486 e. The van der Waals surface area contributed by atoms with Crippen LogP contribution in [0.25, 0.3) is 22.2 Å². The van der Waals surface area contributed by atoms with Gasteiger partial charge in [0.25, 0.3) is 5.91 Å². The fraction of sp³-hybridized carbons (Fsp3) is 0.0800. The highest BCUT2D eigenvalue weighted by Crippen LogP contribution is 2.35. The molecule has 0 radical (unpaired) electrons. The highest BCUT2D eigenvalue weighted by atomic mass is 16.6. The first-order chi connectivity index (χ1) is 15.6. The summed E-state index contributed by atoms with van der Waals surface area (Å²) in [5.41, 5.74) is 8.87. The van der Waals surface area contributed by atoms with Crippen LogP contribution in [-0.2, 0) is 0 Å². The van der Waals surface area contributed by atoms with E-state index < -0.39 is 5.91 Å². The first-order valence-corrected chi connectivity index (χ1v) is 10.1. The van der Waals surface area contributed by atoms with Crippen molar-refractivity contribution in [3.05, 3.63) is 83.9 Å². The van der Waals surface area contributed by atoms with Crippen LogP contribution in [0.5, 0.6) is 11.5 Å². The number of fused-ring (bicyclic) bond motifs is 2. The molecule has 0 saturated heterocycles. The Morgan fingerprint density at radius 3 is 2.41 bits per heavy atom. The first kappa shape index (κ1) is 19.6. The second kappa shape index (κ2) is 8.03. The van der Waals surface area contributed by atoms with Crippen LogP contribution in [0.2, 0.25) is 0 Å². The second-order valence-electron chi connectivity index (χ2n) is 7.33. The van der Waals surface area contributed by atoms with Gasteiger partial charge >= 0.3 is 0 Å². The van der Waals surface area contributed by atoms with Crippen molar-refractivity contribution in [2.75, 3.05) is 18.5 Å². The maximum absolute atomic E-state index is 13.2. The van der Waals surface area contributed by atoms with Crippen LogP contribution in [0, 0.1) is 0 Å². The largest absolute Gasteiger partial charge is 0.486 e. The lowest BCUT2D eigenvalue weighted by molar-refractivity contribution is 0.0998. The molecule has 1 aliphatic heterocycles. The molecule has 0 bridgehead atoms. The van der Waals surface area contributed by atoms with Crippen molar-refractivity contribution in [1.82, 2.24) is 4.98 Å². The van der Waals surface area contributed by atoms with E-state index in [1.807, 2.05) is 42.5 Å². The number of hydrogen-bond acceptors (Lipinski definition) is 5. The van der Waals surface area contributed by atoms with Gasteiger partial charge in [-0.15, -0.1) is 0 Å². The average Bonchev–Trinajstić information content (AvgIpc) is 2.83. The van der Waals surface area contributed by atoms with Crippen LogP contribution in [0.3, 0.4) is 0 Å². The zero-order valence-electron chi connectivity index (χ0n) is 17.0. The third kappa shape index (κ3) is 3.72. The Hall–Kier alpha value is -4.39. The van der Waals surface area contributed by atoms with Gasteiger partial charge in [0.05, 0.1) is 16.8 Å². The lowest BCUT2D eigenvalue weighted by atomic mass is 10.0. The fourth-order valence-electron chi connectivity index (χ4n) is 3.63. The number of primary amides is 1. The summed E-state index contributed by atoms with van der Waals surface area (Å²) in [5.74, 6) is 0.545. The van der Waals surface area contributed by atoms with Crippen LogP contribution in [0.15, 0.2) is 72.8 Å². The standard InChI is InChI=1S/C25H19N3O4/c26-24(29)15-5-8-17(9-6-15)27-25(30)19-14-21(28-20-4-2-1-3-18(19)20)16-7-10-22-23(13-16)32-12-11-31-22/h1-10,13-14H,11-12H2,(H2,26,29)(H,27,30). The van der Waals surface area contributed by atoms with Crippen LogP contribution >= 0.6 is 0 Å². The van der Waals surface area contributed by atoms with Gasteiger partial charge in [0, 0.05) is 22.2 Å². The average molecular weight is 425 g/mol. The number of rotatable bonds is 4. The van der Waals surface area contributed by atoms with Gasteiger partial charge in [-0.2, -0.15) is 0 Å². The molecule has 0 unspecified atom stereocenters. The number of para-hydroxylation sites is 1. The molecule has 32 heavy (non-hydrogen) atoms. The monoisotopic (exact) mass is 425 g/mol. The van der Waals surface area contributed by atoms with E-state index in [9.17, 15) is 9.59 Å². The van der Waals surface area contributed by atoms with E-state index in [1.54, 1.807) is 30.3 Å². The van der Waals surface area contributed by atoms with Crippen molar-refractivity contribution in [3.63, 3.8) is 0 Å². The molecule has 2 heterocycles. The van der Waals surface area contributed by atoms with Gasteiger partial charge in [-0.05, 0) is 54.6 Å². The van der Waals surface area contributed by atoms with Gasteiger partial charge in [-0.25, -0.2) is 4.98 Å². The van der Waals surface area contributed by atoms with Crippen LogP contribution < -0.4 is 20.5 Å². The fourth-order valence-corrected chi connectivity index (χ4v) is 3.63. The van der Waals surface area contributed by atoms with E-state index in [-0.39, 0.29) is 5.91 Å². The zero-order chi connectivity index (χ0) is 22.1. The number of hydrogen-bond donors (Lipinski definition) is 2. The Labute approximate surface area is 183 Å². The molecule has 158 valence electrons. The Bertz CT molecular complexity index is 1350. The van der Waals surface area contributed by atoms with Crippen LogP contribution in [0.4, 0.5) is 5.69 Å². The van der Waals surface area contributed by atoms with Gasteiger partial charge < -0.3 is 20.5 Å². The van der Waals surface area contributed by atoms with Crippen LogP contribution in [0.1, 0.15) is 20.7 Å². The van der Waals surface area contributed by atoms with E-state index in [0.29, 0.717) is 52.7 Å². The van der Waals surface area contributed by atoms with E-state index in [2.05, 4.69) is 5.32 Å². The topological polar surface area (TPSA) is 104 Å². The van der Waals surface area contributed by atoms with Crippen molar-refractivity contribution in [2.24, 2.45) is 5.73 Å². The highest BCUT2D eigenvalue weighted by Gasteiger charge is 2.17. The summed E-state index contributed by atoms with van der Waals surface area (Å²) in [7, 11) is 0. The van der Waals surface area contributed by atoms with Crippen molar-refractivity contribution in [3.8, 4) is 22.8 Å². The van der Waals surface area contributed by atoms with Gasteiger partial charge in [0.2, 0.25) is 5.91 Å². The predicted octanol–water partition coefficient (Wildman–Crippen LogP) is 4.02. The molecular weight excluding hydrogens is 406 g/mol. The maximum Gasteiger partial charge on any atom is 0.256 e. The molecule has 3 aromatic carbocycles. The third-order valence-corrected chi connectivity index (χ3v) is 5.23.